The zero-order valence-electron chi connectivity index (χ0n) is 13.2. The highest BCUT2D eigenvalue weighted by atomic mass is 35.5. The van der Waals surface area contributed by atoms with Crippen molar-refractivity contribution in [3.05, 3.63) is 64.4 Å². The molecule has 1 nitrogen and oxygen atoms in total. The normalized spacial score (nSPS) is 10.0. The second-order valence-corrected chi connectivity index (χ2v) is 5.74. The second kappa shape index (κ2) is 9.22. The summed E-state index contributed by atoms with van der Waals surface area (Å²) in [4.78, 5) is 0. The number of halogens is 2. The quantitative estimate of drug-likeness (QED) is 0.477. The van der Waals surface area contributed by atoms with E-state index in [4.69, 9.17) is 16.3 Å². The number of unbranched alkanes of at least 4 members (excludes halogenated alkanes) is 3. The van der Waals surface area contributed by atoms with Crippen LogP contribution in [0.5, 0.6) is 5.75 Å². The van der Waals surface area contributed by atoms with Crippen LogP contribution >= 0.6 is 11.6 Å². The van der Waals surface area contributed by atoms with Gasteiger partial charge in [0.2, 0.25) is 0 Å². The third kappa shape index (κ3) is 5.96. The van der Waals surface area contributed by atoms with Crippen molar-refractivity contribution in [2.75, 3.05) is 6.61 Å². The molecule has 0 spiro atoms. The van der Waals surface area contributed by atoms with Crippen LogP contribution < -0.4 is 4.74 Å². The first-order valence-corrected chi connectivity index (χ1v) is 8.27. The first-order valence-electron chi connectivity index (χ1n) is 7.89. The number of ether oxygens (including phenoxy) is 1. The minimum atomic E-state index is -0.406. The van der Waals surface area contributed by atoms with Gasteiger partial charge in [0.1, 0.15) is 11.6 Å². The van der Waals surface area contributed by atoms with Gasteiger partial charge < -0.3 is 4.74 Å². The fourth-order valence-corrected chi connectivity index (χ4v) is 2.24. The molecule has 0 aliphatic heterocycles. The molecule has 120 valence electrons. The minimum Gasteiger partial charge on any atom is -0.494 e. The Bertz CT molecular complexity index is 683. The van der Waals surface area contributed by atoms with E-state index < -0.39 is 5.82 Å². The maximum Gasteiger partial charge on any atom is 0.140 e. The first kappa shape index (κ1) is 17.4. The first-order chi connectivity index (χ1) is 11.2. The van der Waals surface area contributed by atoms with Crippen molar-refractivity contribution in [3.63, 3.8) is 0 Å². The smallest absolute Gasteiger partial charge is 0.140 e. The molecule has 23 heavy (non-hydrogen) atoms. The molecule has 0 saturated carbocycles. The summed E-state index contributed by atoms with van der Waals surface area (Å²) in [6, 6.07) is 12.0. The van der Waals surface area contributed by atoms with E-state index in [0.717, 1.165) is 24.3 Å². The lowest BCUT2D eigenvalue weighted by Gasteiger charge is -2.05. The molecule has 0 atom stereocenters. The van der Waals surface area contributed by atoms with E-state index in [2.05, 4.69) is 18.8 Å². The Balaban J connectivity index is 1.91. The van der Waals surface area contributed by atoms with E-state index in [1.807, 2.05) is 24.3 Å². The van der Waals surface area contributed by atoms with Crippen molar-refractivity contribution in [1.29, 1.82) is 0 Å². The Morgan fingerprint density at radius 1 is 1.00 bits per heavy atom. The van der Waals surface area contributed by atoms with Crippen LogP contribution in [0, 0.1) is 17.7 Å². The molecule has 2 aromatic carbocycles. The van der Waals surface area contributed by atoms with E-state index >= 15 is 0 Å². The Kier molecular flexibility index (Phi) is 6.97. The lowest BCUT2D eigenvalue weighted by atomic mass is 10.1. The lowest BCUT2D eigenvalue weighted by molar-refractivity contribution is 0.305. The summed E-state index contributed by atoms with van der Waals surface area (Å²) in [7, 11) is 0. The van der Waals surface area contributed by atoms with Gasteiger partial charge in [-0.25, -0.2) is 4.39 Å². The fourth-order valence-electron chi connectivity index (χ4n) is 2.08. The number of hydrogen-bond donors (Lipinski definition) is 0. The Hall–Kier alpha value is -1.98. The molecular formula is C20H20ClFO. The minimum absolute atomic E-state index is 0.339. The second-order valence-electron chi connectivity index (χ2n) is 5.31. The zero-order valence-corrected chi connectivity index (χ0v) is 14.0. The highest BCUT2D eigenvalue weighted by molar-refractivity contribution is 6.30. The van der Waals surface area contributed by atoms with Crippen LogP contribution in [0.2, 0.25) is 5.02 Å². The van der Waals surface area contributed by atoms with Gasteiger partial charge in [0, 0.05) is 10.6 Å². The average molecular weight is 331 g/mol. The van der Waals surface area contributed by atoms with Gasteiger partial charge in [0.15, 0.2) is 0 Å². The maximum atomic E-state index is 13.6. The molecule has 0 aromatic heterocycles. The van der Waals surface area contributed by atoms with E-state index in [1.54, 1.807) is 12.1 Å². The van der Waals surface area contributed by atoms with Gasteiger partial charge in [-0.15, -0.1) is 0 Å². The predicted octanol–water partition coefficient (Wildman–Crippen LogP) is 5.84. The van der Waals surface area contributed by atoms with Gasteiger partial charge in [-0.05, 0) is 48.9 Å². The van der Waals surface area contributed by atoms with Gasteiger partial charge >= 0.3 is 0 Å². The van der Waals surface area contributed by atoms with Gasteiger partial charge in [0.25, 0.3) is 0 Å². The standard InChI is InChI=1S/C20H20ClFO/c1-2-3-4-5-14-23-19-12-7-16(8-13-19)6-9-17-10-11-18(21)15-20(17)22/h7-8,10-13,15H,2-5,14H2,1H3. The van der Waals surface area contributed by atoms with Gasteiger partial charge in [-0.1, -0.05) is 49.6 Å². The van der Waals surface area contributed by atoms with Crippen LogP contribution in [0.15, 0.2) is 42.5 Å². The Morgan fingerprint density at radius 3 is 2.48 bits per heavy atom. The lowest BCUT2D eigenvalue weighted by Crippen LogP contribution is -1.96. The van der Waals surface area contributed by atoms with Crippen LogP contribution in [0.4, 0.5) is 4.39 Å². The summed E-state index contributed by atoms with van der Waals surface area (Å²) >= 11 is 5.72. The molecular weight excluding hydrogens is 311 g/mol. The third-order valence-electron chi connectivity index (χ3n) is 3.39. The summed E-state index contributed by atoms with van der Waals surface area (Å²) in [5.41, 5.74) is 1.16. The summed E-state index contributed by atoms with van der Waals surface area (Å²) in [6.45, 7) is 2.93. The van der Waals surface area contributed by atoms with Crippen molar-refractivity contribution in [3.8, 4) is 17.6 Å². The van der Waals surface area contributed by atoms with E-state index in [1.165, 1.54) is 25.3 Å². The molecule has 0 fully saturated rings. The Labute approximate surface area is 142 Å². The molecule has 2 aromatic rings. The molecule has 0 aliphatic rings. The molecule has 0 N–H and O–H groups in total. The highest BCUT2D eigenvalue weighted by Gasteiger charge is 1.99. The molecule has 0 aliphatic carbocycles. The number of benzene rings is 2. The molecule has 2 rings (SSSR count). The fraction of sp³-hybridized carbons (Fsp3) is 0.300. The zero-order chi connectivity index (χ0) is 16.5. The molecule has 0 amide bonds. The van der Waals surface area contributed by atoms with Crippen LogP contribution in [-0.4, -0.2) is 6.61 Å². The van der Waals surface area contributed by atoms with Crippen molar-refractivity contribution in [2.45, 2.75) is 32.6 Å². The van der Waals surface area contributed by atoms with Crippen LogP contribution in [0.25, 0.3) is 0 Å². The largest absolute Gasteiger partial charge is 0.494 e. The third-order valence-corrected chi connectivity index (χ3v) is 3.63. The SMILES string of the molecule is CCCCCCOc1ccc(C#Cc2ccc(Cl)cc2F)cc1. The van der Waals surface area contributed by atoms with E-state index in [9.17, 15) is 4.39 Å². The van der Waals surface area contributed by atoms with Gasteiger partial charge in [0.05, 0.1) is 12.2 Å². The number of rotatable bonds is 6. The Morgan fingerprint density at radius 2 is 1.78 bits per heavy atom. The number of hydrogen-bond acceptors (Lipinski definition) is 1. The monoisotopic (exact) mass is 330 g/mol. The average Bonchev–Trinajstić information content (AvgIpc) is 2.55. The predicted molar refractivity (Wildman–Crippen MR) is 93.5 cm³/mol. The molecule has 0 unspecified atom stereocenters. The van der Waals surface area contributed by atoms with Crippen molar-refractivity contribution in [2.24, 2.45) is 0 Å². The van der Waals surface area contributed by atoms with Crippen molar-refractivity contribution < 1.29 is 9.13 Å². The molecule has 0 radical (unpaired) electrons. The molecule has 0 saturated heterocycles. The van der Waals surface area contributed by atoms with Crippen molar-refractivity contribution in [1.82, 2.24) is 0 Å². The topological polar surface area (TPSA) is 9.23 Å². The van der Waals surface area contributed by atoms with E-state index in [0.29, 0.717) is 10.6 Å². The van der Waals surface area contributed by atoms with Gasteiger partial charge in [-0.3, -0.25) is 0 Å². The molecule has 3 heteroatoms. The van der Waals surface area contributed by atoms with Crippen LogP contribution in [0.3, 0.4) is 0 Å². The maximum absolute atomic E-state index is 13.6. The highest BCUT2D eigenvalue weighted by Crippen LogP contribution is 2.15. The van der Waals surface area contributed by atoms with Gasteiger partial charge in [-0.2, -0.15) is 0 Å². The molecule has 0 heterocycles. The molecule has 0 bridgehead atoms. The summed E-state index contributed by atoms with van der Waals surface area (Å²) in [5, 5.41) is 0.369. The van der Waals surface area contributed by atoms with E-state index in [-0.39, 0.29) is 0 Å². The van der Waals surface area contributed by atoms with Crippen LogP contribution in [-0.2, 0) is 0 Å². The van der Waals surface area contributed by atoms with Crippen LogP contribution in [0.1, 0.15) is 43.7 Å². The van der Waals surface area contributed by atoms with Crippen molar-refractivity contribution >= 4 is 11.6 Å². The summed E-state index contributed by atoms with van der Waals surface area (Å²) < 4.78 is 19.3. The summed E-state index contributed by atoms with van der Waals surface area (Å²) in [5.74, 6) is 6.19. The summed E-state index contributed by atoms with van der Waals surface area (Å²) in [6.07, 6.45) is 4.75.